The molecule has 0 bridgehead atoms. The van der Waals surface area contributed by atoms with E-state index in [-0.39, 0.29) is 11.4 Å². The number of carbonyl (C=O) groups excluding carboxylic acids is 1. The minimum absolute atomic E-state index is 0.0365. The molecule has 1 aromatic heterocycles. The monoisotopic (exact) mass is 400 g/mol. The standard InChI is InChI=1S/C21H16N6O3/c22-18-11-6-15(14-4-2-1-3-5-14)12-19(18)23-21(28)20-13-26(25-24-20)16-7-9-17(10-8-16)27(29)30/h1-13H,22H2,(H,23,28). The molecule has 0 aliphatic carbocycles. The molecule has 0 aliphatic heterocycles. The van der Waals surface area contributed by atoms with E-state index in [2.05, 4.69) is 15.6 Å². The van der Waals surface area contributed by atoms with E-state index in [0.717, 1.165) is 11.1 Å². The molecule has 0 saturated carbocycles. The summed E-state index contributed by atoms with van der Waals surface area (Å²) in [5, 5.41) is 21.3. The average molecular weight is 400 g/mol. The molecule has 3 N–H and O–H groups in total. The van der Waals surface area contributed by atoms with Crippen LogP contribution in [0.4, 0.5) is 17.1 Å². The minimum atomic E-state index is -0.488. The maximum Gasteiger partial charge on any atom is 0.277 e. The van der Waals surface area contributed by atoms with Crippen molar-refractivity contribution in [2.45, 2.75) is 0 Å². The van der Waals surface area contributed by atoms with Crippen LogP contribution in [-0.2, 0) is 0 Å². The van der Waals surface area contributed by atoms with Gasteiger partial charge in [0.2, 0.25) is 0 Å². The summed E-state index contributed by atoms with van der Waals surface area (Å²) in [6.07, 6.45) is 1.44. The Morgan fingerprint density at radius 1 is 1.00 bits per heavy atom. The highest BCUT2D eigenvalue weighted by Crippen LogP contribution is 2.27. The van der Waals surface area contributed by atoms with Crippen LogP contribution in [-0.4, -0.2) is 25.8 Å². The highest BCUT2D eigenvalue weighted by molar-refractivity contribution is 6.04. The zero-order chi connectivity index (χ0) is 21.1. The van der Waals surface area contributed by atoms with Crippen LogP contribution in [0.2, 0.25) is 0 Å². The molecule has 0 fully saturated rings. The fourth-order valence-electron chi connectivity index (χ4n) is 2.88. The first kappa shape index (κ1) is 18.8. The zero-order valence-electron chi connectivity index (χ0n) is 15.6. The topological polar surface area (TPSA) is 129 Å². The van der Waals surface area contributed by atoms with Crippen LogP contribution in [0.25, 0.3) is 16.8 Å². The summed E-state index contributed by atoms with van der Waals surface area (Å²) in [7, 11) is 0. The van der Waals surface area contributed by atoms with Gasteiger partial charge in [-0.2, -0.15) is 0 Å². The Bertz CT molecular complexity index is 1220. The zero-order valence-corrected chi connectivity index (χ0v) is 15.6. The molecular formula is C21H16N6O3. The van der Waals surface area contributed by atoms with E-state index in [1.165, 1.54) is 35.1 Å². The van der Waals surface area contributed by atoms with Gasteiger partial charge in [0.25, 0.3) is 11.6 Å². The number of hydrogen-bond acceptors (Lipinski definition) is 6. The van der Waals surface area contributed by atoms with Gasteiger partial charge in [-0.15, -0.1) is 5.10 Å². The summed E-state index contributed by atoms with van der Waals surface area (Å²) >= 11 is 0. The summed E-state index contributed by atoms with van der Waals surface area (Å²) in [6, 6.07) is 20.9. The van der Waals surface area contributed by atoms with E-state index in [1.54, 1.807) is 12.1 Å². The Morgan fingerprint density at radius 3 is 2.43 bits per heavy atom. The molecular weight excluding hydrogens is 384 g/mol. The molecule has 0 aliphatic rings. The summed E-state index contributed by atoms with van der Waals surface area (Å²) in [5.41, 5.74) is 9.40. The van der Waals surface area contributed by atoms with E-state index in [9.17, 15) is 14.9 Å². The Labute approximate surface area is 170 Å². The largest absolute Gasteiger partial charge is 0.397 e. The van der Waals surface area contributed by atoms with Gasteiger partial charge >= 0.3 is 0 Å². The van der Waals surface area contributed by atoms with Crippen molar-refractivity contribution in [2.75, 3.05) is 11.1 Å². The van der Waals surface area contributed by atoms with Crippen molar-refractivity contribution in [1.82, 2.24) is 15.0 Å². The molecule has 1 amide bonds. The lowest BCUT2D eigenvalue weighted by Gasteiger charge is -2.09. The smallest absolute Gasteiger partial charge is 0.277 e. The number of aromatic nitrogens is 3. The number of hydrogen-bond donors (Lipinski definition) is 2. The van der Waals surface area contributed by atoms with Crippen LogP contribution in [0.5, 0.6) is 0 Å². The van der Waals surface area contributed by atoms with E-state index < -0.39 is 10.8 Å². The number of anilines is 2. The molecule has 148 valence electrons. The predicted octanol–water partition coefficient (Wildman–Crippen LogP) is 3.68. The first-order valence-electron chi connectivity index (χ1n) is 8.95. The Kier molecular flexibility index (Phi) is 4.92. The predicted molar refractivity (Wildman–Crippen MR) is 112 cm³/mol. The van der Waals surface area contributed by atoms with Crippen molar-refractivity contribution < 1.29 is 9.72 Å². The van der Waals surface area contributed by atoms with E-state index in [0.29, 0.717) is 17.1 Å². The third kappa shape index (κ3) is 3.85. The van der Waals surface area contributed by atoms with Crippen LogP contribution < -0.4 is 11.1 Å². The molecule has 0 unspecified atom stereocenters. The van der Waals surface area contributed by atoms with E-state index >= 15 is 0 Å². The molecule has 1 heterocycles. The first-order valence-corrected chi connectivity index (χ1v) is 8.95. The molecule has 0 spiro atoms. The second-order valence-corrected chi connectivity index (χ2v) is 6.44. The third-order valence-corrected chi connectivity index (χ3v) is 4.46. The Balaban J connectivity index is 1.54. The van der Waals surface area contributed by atoms with Gasteiger partial charge < -0.3 is 11.1 Å². The third-order valence-electron chi connectivity index (χ3n) is 4.46. The fourth-order valence-corrected chi connectivity index (χ4v) is 2.88. The number of nitrogen functional groups attached to an aromatic ring is 1. The van der Waals surface area contributed by atoms with Crippen LogP contribution in [0.1, 0.15) is 10.5 Å². The summed E-state index contributed by atoms with van der Waals surface area (Å²) in [4.78, 5) is 22.9. The SMILES string of the molecule is Nc1ccc(-c2ccccc2)cc1NC(=O)c1cn(-c2ccc([N+](=O)[O-])cc2)nn1. The molecule has 9 nitrogen and oxygen atoms in total. The van der Waals surface area contributed by atoms with Crippen molar-refractivity contribution in [3.8, 4) is 16.8 Å². The summed E-state index contributed by atoms with van der Waals surface area (Å²) in [6.45, 7) is 0. The van der Waals surface area contributed by atoms with Crippen LogP contribution in [0.15, 0.2) is 79.0 Å². The highest BCUT2D eigenvalue weighted by atomic mass is 16.6. The molecule has 4 aromatic rings. The van der Waals surface area contributed by atoms with Gasteiger partial charge in [-0.05, 0) is 35.4 Å². The molecule has 0 radical (unpaired) electrons. The molecule has 9 heteroatoms. The maximum absolute atomic E-state index is 12.6. The van der Waals surface area contributed by atoms with Crippen LogP contribution >= 0.6 is 0 Å². The molecule has 0 saturated heterocycles. The van der Waals surface area contributed by atoms with Crippen LogP contribution in [0.3, 0.4) is 0 Å². The number of nitrogens with two attached hydrogens (primary N) is 1. The van der Waals surface area contributed by atoms with Gasteiger partial charge in [0.1, 0.15) is 0 Å². The lowest BCUT2D eigenvalue weighted by atomic mass is 10.0. The Morgan fingerprint density at radius 2 is 1.73 bits per heavy atom. The van der Waals surface area contributed by atoms with Crippen molar-refractivity contribution in [3.63, 3.8) is 0 Å². The van der Waals surface area contributed by atoms with Gasteiger partial charge in [-0.3, -0.25) is 14.9 Å². The quantitative estimate of drug-likeness (QED) is 0.299. The minimum Gasteiger partial charge on any atom is -0.397 e. The fraction of sp³-hybridized carbons (Fsp3) is 0. The number of rotatable bonds is 5. The summed E-state index contributed by atoms with van der Waals surface area (Å²) < 4.78 is 1.36. The number of carbonyl (C=O) groups is 1. The number of non-ortho nitro benzene ring substituents is 1. The van der Waals surface area contributed by atoms with Gasteiger partial charge in [0, 0.05) is 12.1 Å². The molecule has 4 rings (SSSR count). The molecule has 30 heavy (non-hydrogen) atoms. The second-order valence-electron chi connectivity index (χ2n) is 6.44. The molecule has 3 aromatic carbocycles. The second kappa shape index (κ2) is 7.84. The van der Waals surface area contributed by atoms with E-state index in [4.69, 9.17) is 5.73 Å². The van der Waals surface area contributed by atoms with Crippen LogP contribution in [0, 0.1) is 10.1 Å². The lowest BCUT2D eigenvalue weighted by molar-refractivity contribution is -0.384. The number of nitro groups is 1. The van der Waals surface area contributed by atoms with Gasteiger partial charge in [0.15, 0.2) is 5.69 Å². The van der Waals surface area contributed by atoms with Gasteiger partial charge in [-0.1, -0.05) is 41.6 Å². The number of nitrogens with one attached hydrogen (secondary N) is 1. The number of benzene rings is 3. The van der Waals surface area contributed by atoms with Gasteiger partial charge in [0.05, 0.1) is 28.2 Å². The van der Waals surface area contributed by atoms with Crippen molar-refractivity contribution in [3.05, 3.63) is 94.8 Å². The average Bonchev–Trinajstić information content (AvgIpc) is 3.26. The van der Waals surface area contributed by atoms with Gasteiger partial charge in [-0.25, -0.2) is 4.68 Å². The van der Waals surface area contributed by atoms with Crippen molar-refractivity contribution >= 4 is 23.0 Å². The van der Waals surface area contributed by atoms with Crippen molar-refractivity contribution in [1.29, 1.82) is 0 Å². The number of nitro benzene ring substituents is 1. The number of amides is 1. The number of nitrogens with zero attached hydrogens (tertiary/aromatic N) is 4. The Hall–Kier alpha value is -4.53. The molecule has 0 atom stereocenters. The van der Waals surface area contributed by atoms with Crippen molar-refractivity contribution in [2.24, 2.45) is 0 Å². The maximum atomic E-state index is 12.6. The summed E-state index contributed by atoms with van der Waals surface area (Å²) in [5.74, 6) is -0.472. The first-order chi connectivity index (χ1) is 14.5. The highest BCUT2D eigenvalue weighted by Gasteiger charge is 2.14. The lowest BCUT2D eigenvalue weighted by Crippen LogP contribution is -2.13. The van der Waals surface area contributed by atoms with E-state index in [1.807, 2.05) is 36.4 Å². The normalized spacial score (nSPS) is 10.5.